The van der Waals surface area contributed by atoms with E-state index in [0.717, 1.165) is 19.6 Å². The van der Waals surface area contributed by atoms with Gasteiger partial charge in [0.2, 0.25) is 0 Å². The normalized spacial score (nSPS) is 20.9. The Morgan fingerprint density at radius 2 is 2.05 bits per heavy atom. The number of hydrogen-bond donors (Lipinski definition) is 1. The van der Waals surface area contributed by atoms with Crippen LogP contribution in [0.4, 0.5) is 0 Å². The highest BCUT2D eigenvalue weighted by Gasteiger charge is 2.21. The average molecular weight is 261 g/mol. The predicted octanol–water partition coefficient (Wildman–Crippen LogP) is 3.41. The van der Waals surface area contributed by atoms with Crippen molar-refractivity contribution in [2.75, 3.05) is 13.2 Å². The summed E-state index contributed by atoms with van der Waals surface area (Å²) in [6.07, 6.45) is 5.31. The number of nitrogens with one attached hydrogen (secondary N) is 1. The van der Waals surface area contributed by atoms with E-state index in [4.69, 9.17) is 4.74 Å². The summed E-state index contributed by atoms with van der Waals surface area (Å²) >= 11 is 0. The van der Waals surface area contributed by atoms with Crippen molar-refractivity contribution in [1.82, 2.24) is 5.32 Å². The van der Waals surface area contributed by atoms with Crippen LogP contribution in [0.2, 0.25) is 0 Å². The Morgan fingerprint density at radius 3 is 2.68 bits per heavy atom. The third kappa shape index (κ3) is 5.33. The average Bonchev–Trinajstić information content (AvgIpc) is 2.90. The molecule has 2 nitrogen and oxygen atoms in total. The molecular formula is C17H27NO. The van der Waals surface area contributed by atoms with Gasteiger partial charge in [0.15, 0.2) is 0 Å². The summed E-state index contributed by atoms with van der Waals surface area (Å²) in [6, 6.07) is 11.4. The van der Waals surface area contributed by atoms with E-state index in [-0.39, 0.29) is 0 Å². The molecule has 0 saturated carbocycles. The molecule has 19 heavy (non-hydrogen) atoms. The zero-order valence-corrected chi connectivity index (χ0v) is 12.3. The van der Waals surface area contributed by atoms with Crippen LogP contribution in [0, 0.1) is 5.92 Å². The van der Waals surface area contributed by atoms with E-state index in [9.17, 15) is 0 Å². The first-order chi connectivity index (χ1) is 9.24. The minimum Gasteiger partial charge on any atom is -0.378 e. The summed E-state index contributed by atoms with van der Waals surface area (Å²) < 4.78 is 5.80. The molecule has 1 saturated heterocycles. The molecule has 2 atom stereocenters. The molecule has 1 aliphatic heterocycles. The fraction of sp³-hybridized carbons (Fsp3) is 0.647. The van der Waals surface area contributed by atoms with Gasteiger partial charge >= 0.3 is 0 Å². The van der Waals surface area contributed by atoms with Crippen LogP contribution in [0.15, 0.2) is 30.3 Å². The van der Waals surface area contributed by atoms with Gasteiger partial charge in [-0.1, -0.05) is 44.2 Å². The standard InChI is InChI=1S/C17H27NO/c1-14(2)18-13-16(12-17-9-6-10-19-17)11-15-7-4-3-5-8-15/h3-5,7-8,14,16-18H,6,9-13H2,1-2H3. The molecule has 1 N–H and O–H groups in total. The maximum absolute atomic E-state index is 5.80. The van der Waals surface area contributed by atoms with Crippen LogP contribution in [0.1, 0.15) is 38.7 Å². The highest BCUT2D eigenvalue weighted by Crippen LogP contribution is 2.22. The van der Waals surface area contributed by atoms with Crippen LogP contribution in [0.25, 0.3) is 0 Å². The van der Waals surface area contributed by atoms with Gasteiger partial charge in [-0.3, -0.25) is 0 Å². The van der Waals surface area contributed by atoms with Crippen molar-refractivity contribution in [1.29, 1.82) is 0 Å². The van der Waals surface area contributed by atoms with Crippen molar-refractivity contribution in [2.45, 2.75) is 51.7 Å². The molecular weight excluding hydrogens is 234 g/mol. The molecule has 1 fully saturated rings. The summed E-state index contributed by atoms with van der Waals surface area (Å²) in [7, 11) is 0. The lowest BCUT2D eigenvalue weighted by atomic mass is 9.92. The SMILES string of the molecule is CC(C)NCC(Cc1ccccc1)CC1CCCO1. The van der Waals surface area contributed by atoms with Gasteiger partial charge < -0.3 is 10.1 Å². The summed E-state index contributed by atoms with van der Waals surface area (Å²) in [5.74, 6) is 0.674. The second kappa shape index (κ2) is 7.66. The molecule has 0 aromatic heterocycles. The van der Waals surface area contributed by atoms with Crippen LogP contribution < -0.4 is 5.32 Å². The maximum atomic E-state index is 5.80. The van der Waals surface area contributed by atoms with Crippen molar-refractivity contribution in [2.24, 2.45) is 5.92 Å². The Hall–Kier alpha value is -0.860. The largest absolute Gasteiger partial charge is 0.378 e. The first-order valence-corrected chi connectivity index (χ1v) is 7.63. The van der Waals surface area contributed by atoms with Gasteiger partial charge in [-0.05, 0) is 43.7 Å². The molecule has 0 aliphatic carbocycles. The second-order valence-corrected chi connectivity index (χ2v) is 5.99. The van der Waals surface area contributed by atoms with Crippen LogP contribution in [-0.4, -0.2) is 25.3 Å². The first-order valence-electron chi connectivity index (χ1n) is 7.63. The van der Waals surface area contributed by atoms with Crippen LogP contribution >= 0.6 is 0 Å². The van der Waals surface area contributed by atoms with Crippen molar-refractivity contribution in [3.63, 3.8) is 0 Å². The lowest BCUT2D eigenvalue weighted by Crippen LogP contribution is -2.31. The smallest absolute Gasteiger partial charge is 0.0579 e. The molecule has 2 heteroatoms. The van der Waals surface area contributed by atoms with Crippen molar-refractivity contribution < 1.29 is 4.74 Å². The van der Waals surface area contributed by atoms with E-state index in [0.29, 0.717) is 18.1 Å². The van der Waals surface area contributed by atoms with Crippen LogP contribution in [0.3, 0.4) is 0 Å². The Bertz CT molecular complexity index is 344. The van der Waals surface area contributed by atoms with Crippen LogP contribution in [0.5, 0.6) is 0 Å². The fourth-order valence-corrected chi connectivity index (χ4v) is 2.79. The Balaban J connectivity index is 1.88. The monoisotopic (exact) mass is 261 g/mol. The second-order valence-electron chi connectivity index (χ2n) is 5.99. The highest BCUT2D eigenvalue weighted by molar-refractivity contribution is 5.15. The molecule has 0 bridgehead atoms. The third-order valence-electron chi connectivity index (χ3n) is 3.80. The molecule has 1 aromatic rings. The van der Waals surface area contributed by atoms with E-state index in [1.165, 1.54) is 24.8 Å². The Kier molecular flexibility index (Phi) is 5.87. The van der Waals surface area contributed by atoms with Gasteiger partial charge in [0, 0.05) is 12.6 Å². The van der Waals surface area contributed by atoms with Crippen molar-refractivity contribution >= 4 is 0 Å². The molecule has 0 amide bonds. The minimum absolute atomic E-state index is 0.489. The number of ether oxygens (including phenoxy) is 1. The van der Waals surface area contributed by atoms with E-state index < -0.39 is 0 Å². The Morgan fingerprint density at radius 1 is 1.26 bits per heavy atom. The molecule has 1 heterocycles. The summed E-state index contributed by atoms with van der Waals surface area (Å²) in [5.41, 5.74) is 1.44. The molecule has 0 radical (unpaired) electrons. The van der Waals surface area contributed by atoms with Gasteiger partial charge in [0.1, 0.15) is 0 Å². The third-order valence-corrected chi connectivity index (χ3v) is 3.80. The highest BCUT2D eigenvalue weighted by atomic mass is 16.5. The lowest BCUT2D eigenvalue weighted by Gasteiger charge is -2.22. The van der Waals surface area contributed by atoms with Gasteiger partial charge in [-0.25, -0.2) is 0 Å². The van der Waals surface area contributed by atoms with E-state index in [2.05, 4.69) is 49.5 Å². The van der Waals surface area contributed by atoms with E-state index in [1.807, 2.05) is 0 Å². The fourth-order valence-electron chi connectivity index (χ4n) is 2.79. The topological polar surface area (TPSA) is 21.3 Å². The van der Waals surface area contributed by atoms with Gasteiger partial charge in [0.25, 0.3) is 0 Å². The zero-order chi connectivity index (χ0) is 13.5. The van der Waals surface area contributed by atoms with Crippen molar-refractivity contribution in [3.8, 4) is 0 Å². The predicted molar refractivity (Wildman–Crippen MR) is 80.4 cm³/mol. The molecule has 1 aromatic carbocycles. The number of hydrogen-bond acceptors (Lipinski definition) is 2. The maximum Gasteiger partial charge on any atom is 0.0579 e. The quantitative estimate of drug-likeness (QED) is 0.812. The van der Waals surface area contributed by atoms with Gasteiger partial charge in [0.05, 0.1) is 6.10 Å². The minimum atomic E-state index is 0.489. The van der Waals surface area contributed by atoms with E-state index in [1.54, 1.807) is 0 Å². The number of rotatable bonds is 7. The molecule has 0 spiro atoms. The van der Waals surface area contributed by atoms with E-state index >= 15 is 0 Å². The van der Waals surface area contributed by atoms with Gasteiger partial charge in [-0.2, -0.15) is 0 Å². The van der Waals surface area contributed by atoms with Crippen LogP contribution in [-0.2, 0) is 11.2 Å². The molecule has 106 valence electrons. The number of benzene rings is 1. The molecule has 2 rings (SSSR count). The summed E-state index contributed by atoms with van der Waals surface area (Å²) in [6.45, 7) is 6.48. The molecule has 1 aliphatic rings. The zero-order valence-electron chi connectivity index (χ0n) is 12.3. The first kappa shape index (κ1) is 14.5. The van der Waals surface area contributed by atoms with Gasteiger partial charge in [-0.15, -0.1) is 0 Å². The molecule has 2 unspecified atom stereocenters. The Labute approximate surface area is 117 Å². The summed E-state index contributed by atoms with van der Waals surface area (Å²) in [4.78, 5) is 0. The summed E-state index contributed by atoms with van der Waals surface area (Å²) in [5, 5.41) is 3.58. The van der Waals surface area contributed by atoms with Crippen molar-refractivity contribution in [3.05, 3.63) is 35.9 Å². The lowest BCUT2D eigenvalue weighted by molar-refractivity contribution is 0.0889.